The Kier molecular flexibility index (Phi) is 3.73. The van der Waals surface area contributed by atoms with Gasteiger partial charge >= 0.3 is 5.97 Å². The van der Waals surface area contributed by atoms with Crippen LogP contribution in [-0.4, -0.2) is 21.2 Å². The van der Waals surface area contributed by atoms with Gasteiger partial charge in [0.2, 0.25) is 0 Å². The molecule has 100 valence electrons. The molecular formula is C13H11Cl2NO3. The smallest absolute Gasteiger partial charge is 0.303 e. The largest absolute Gasteiger partial charge is 0.506 e. The highest BCUT2D eigenvalue weighted by atomic mass is 35.5. The molecule has 19 heavy (non-hydrogen) atoms. The van der Waals surface area contributed by atoms with Gasteiger partial charge in [0.25, 0.3) is 0 Å². The molecule has 0 spiro atoms. The second-order valence-corrected chi connectivity index (χ2v) is 4.97. The minimum Gasteiger partial charge on any atom is -0.506 e. The van der Waals surface area contributed by atoms with Gasteiger partial charge in [0.1, 0.15) is 5.76 Å². The van der Waals surface area contributed by atoms with E-state index >= 15 is 0 Å². The van der Waals surface area contributed by atoms with Crippen molar-refractivity contribution >= 4 is 45.8 Å². The first-order valence-electron chi connectivity index (χ1n) is 5.49. The molecule has 0 aliphatic heterocycles. The number of hydrogen-bond donors (Lipinski definition) is 3. The van der Waals surface area contributed by atoms with Gasteiger partial charge in [0.05, 0.1) is 10.7 Å². The average molecular weight is 300 g/mol. The zero-order valence-electron chi connectivity index (χ0n) is 9.83. The fourth-order valence-electron chi connectivity index (χ4n) is 2.04. The first-order valence-corrected chi connectivity index (χ1v) is 6.25. The van der Waals surface area contributed by atoms with E-state index in [1.165, 1.54) is 0 Å². The standard InChI is InChI=1S/C13H11Cl2NO3/c1-6(17)13-8(2-3-11(18)19)12-9(15)4-7(14)5-10(12)16-13/h4-5,16-17H,1-3H2,(H,18,19). The summed E-state index contributed by atoms with van der Waals surface area (Å²) in [4.78, 5) is 13.7. The van der Waals surface area contributed by atoms with Crippen LogP contribution in [0.4, 0.5) is 0 Å². The summed E-state index contributed by atoms with van der Waals surface area (Å²) in [6.45, 7) is 3.46. The van der Waals surface area contributed by atoms with Gasteiger partial charge in [-0.05, 0) is 24.1 Å². The van der Waals surface area contributed by atoms with Crippen molar-refractivity contribution in [2.75, 3.05) is 0 Å². The van der Waals surface area contributed by atoms with Crippen LogP contribution < -0.4 is 0 Å². The highest BCUT2D eigenvalue weighted by Crippen LogP contribution is 2.34. The monoisotopic (exact) mass is 299 g/mol. The van der Waals surface area contributed by atoms with E-state index in [0.29, 0.717) is 32.2 Å². The lowest BCUT2D eigenvalue weighted by Gasteiger charge is -2.03. The molecule has 2 aromatic rings. The summed E-state index contributed by atoms with van der Waals surface area (Å²) in [6, 6.07) is 3.24. The zero-order chi connectivity index (χ0) is 14.2. The number of carboxylic acids is 1. The molecule has 0 unspecified atom stereocenters. The Bertz CT molecular complexity index is 676. The Morgan fingerprint density at radius 2 is 2.00 bits per heavy atom. The van der Waals surface area contributed by atoms with Crippen LogP contribution in [0.25, 0.3) is 16.7 Å². The van der Waals surface area contributed by atoms with Crippen molar-refractivity contribution in [2.24, 2.45) is 0 Å². The third kappa shape index (κ3) is 2.69. The number of carboxylic acid groups (broad SMARTS) is 1. The molecule has 0 amide bonds. The van der Waals surface area contributed by atoms with Crippen molar-refractivity contribution in [3.8, 4) is 0 Å². The second-order valence-electron chi connectivity index (χ2n) is 4.13. The lowest BCUT2D eigenvalue weighted by atomic mass is 10.0. The van der Waals surface area contributed by atoms with Crippen molar-refractivity contribution in [2.45, 2.75) is 12.8 Å². The SMILES string of the molecule is C=C(O)c1[nH]c2cc(Cl)cc(Cl)c2c1CCC(=O)O. The average Bonchev–Trinajstić information content (AvgIpc) is 2.64. The third-order valence-electron chi connectivity index (χ3n) is 2.80. The predicted molar refractivity (Wildman–Crippen MR) is 75.9 cm³/mol. The van der Waals surface area contributed by atoms with Crippen molar-refractivity contribution in [1.82, 2.24) is 4.98 Å². The van der Waals surface area contributed by atoms with Crippen LogP contribution in [0.2, 0.25) is 10.0 Å². The molecule has 0 fully saturated rings. The molecular weight excluding hydrogens is 289 g/mol. The van der Waals surface area contributed by atoms with Crippen molar-refractivity contribution in [3.63, 3.8) is 0 Å². The van der Waals surface area contributed by atoms with Gasteiger partial charge in [-0.3, -0.25) is 4.79 Å². The predicted octanol–water partition coefficient (Wildman–Crippen LogP) is 4.02. The van der Waals surface area contributed by atoms with Crippen LogP contribution >= 0.6 is 23.2 Å². The van der Waals surface area contributed by atoms with Gasteiger partial charge in [0.15, 0.2) is 0 Å². The third-order valence-corrected chi connectivity index (χ3v) is 3.31. The van der Waals surface area contributed by atoms with Gasteiger partial charge in [-0.25, -0.2) is 0 Å². The van der Waals surface area contributed by atoms with E-state index in [0.717, 1.165) is 0 Å². The highest BCUT2D eigenvalue weighted by molar-refractivity contribution is 6.39. The molecule has 6 heteroatoms. The van der Waals surface area contributed by atoms with Gasteiger partial charge in [-0.1, -0.05) is 29.8 Å². The lowest BCUT2D eigenvalue weighted by molar-refractivity contribution is -0.136. The molecule has 2 rings (SSSR count). The second kappa shape index (κ2) is 5.15. The topological polar surface area (TPSA) is 73.3 Å². The van der Waals surface area contributed by atoms with E-state index in [-0.39, 0.29) is 18.6 Å². The number of halogens is 2. The molecule has 1 aromatic carbocycles. The molecule has 0 aliphatic rings. The summed E-state index contributed by atoms with van der Waals surface area (Å²) >= 11 is 12.0. The van der Waals surface area contributed by atoms with Crippen LogP contribution in [0.5, 0.6) is 0 Å². The van der Waals surface area contributed by atoms with Gasteiger partial charge in [0, 0.05) is 22.3 Å². The molecule has 0 saturated heterocycles. The number of nitrogens with one attached hydrogen (secondary N) is 1. The minimum atomic E-state index is -0.922. The zero-order valence-corrected chi connectivity index (χ0v) is 11.3. The number of carbonyl (C=O) groups is 1. The van der Waals surface area contributed by atoms with Crippen LogP contribution in [0.3, 0.4) is 0 Å². The van der Waals surface area contributed by atoms with E-state index in [4.69, 9.17) is 28.3 Å². The molecule has 1 heterocycles. The summed E-state index contributed by atoms with van der Waals surface area (Å²) < 4.78 is 0. The van der Waals surface area contributed by atoms with Crippen LogP contribution in [0.15, 0.2) is 18.7 Å². The minimum absolute atomic E-state index is 0.0633. The maximum Gasteiger partial charge on any atom is 0.303 e. The molecule has 4 nitrogen and oxygen atoms in total. The first-order chi connectivity index (χ1) is 8.90. The number of hydrogen-bond acceptors (Lipinski definition) is 2. The van der Waals surface area contributed by atoms with Crippen LogP contribution in [-0.2, 0) is 11.2 Å². The van der Waals surface area contributed by atoms with Crippen molar-refractivity contribution in [3.05, 3.63) is 40.0 Å². The number of rotatable bonds is 4. The van der Waals surface area contributed by atoms with Gasteiger partial charge in [-0.15, -0.1) is 0 Å². The highest BCUT2D eigenvalue weighted by Gasteiger charge is 2.17. The molecule has 3 N–H and O–H groups in total. The number of aromatic amines is 1. The number of aliphatic carboxylic acids is 1. The quantitative estimate of drug-likeness (QED) is 0.747. The van der Waals surface area contributed by atoms with Crippen LogP contribution in [0.1, 0.15) is 17.7 Å². The first kappa shape index (κ1) is 13.8. The maximum absolute atomic E-state index is 10.7. The fraction of sp³-hybridized carbons (Fsp3) is 0.154. The summed E-state index contributed by atoms with van der Waals surface area (Å²) in [7, 11) is 0. The Balaban J connectivity index is 2.65. The lowest BCUT2D eigenvalue weighted by Crippen LogP contribution is -1.99. The fourth-order valence-corrected chi connectivity index (χ4v) is 2.65. The number of aromatic nitrogens is 1. The van der Waals surface area contributed by atoms with Crippen LogP contribution in [0, 0.1) is 0 Å². The Hall–Kier alpha value is -1.65. The number of aliphatic hydroxyl groups is 1. The van der Waals surface area contributed by atoms with E-state index < -0.39 is 5.97 Å². The maximum atomic E-state index is 10.7. The molecule has 0 atom stereocenters. The molecule has 0 radical (unpaired) electrons. The van der Waals surface area contributed by atoms with E-state index in [9.17, 15) is 9.90 Å². The number of benzene rings is 1. The molecule has 0 saturated carbocycles. The molecule has 0 bridgehead atoms. The van der Waals surface area contributed by atoms with E-state index in [1.807, 2.05) is 0 Å². The summed E-state index contributed by atoms with van der Waals surface area (Å²) in [5.74, 6) is -1.09. The number of H-pyrrole nitrogens is 1. The van der Waals surface area contributed by atoms with Gasteiger partial charge < -0.3 is 15.2 Å². The van der Waals surface area contributed by atoms with Crippen molar-refractivity contribution in [1.29, 1.82) is 0 Å². The van der Waals surface area contributed by atoms with Gasteiger partial charge in [-0.2, -0.15) is 0 Å². The Morgan fingerprint density at radius 1 is 1.32 bits per heavy atom. The summed E-state index contributed by atoms with van der Waals surface area (Å²) in [6.07, 6.45) is 0.178. The number of aliphatic hydroxyl groups excluding tert-OH is 1. The van der Waals surface area contributed by atoms with E-state index in [2.05, 4.69) is 11.6 Å². The number of fused-ring (bicyclic) bond motifs is 1. The van der Waals surface area contributed by atoms with Crippen molar-refractivity contribution < 1.29 is 15.0 Å². The normalized spacial score (nSPS) is 10.8. The Labute approximate surface area is 119 Å². The summed E-state index contributed by atoms with van der Waals surface area (Å²) in [5, 5.41) is 19.9. The van der Waals surface area contributed by atoms with E-state index in [1.54, 1.807) is 12.1 Å². The number of aryl methyl sites for hydroxylation is 1. The molecule has 1 aromatic heterocycles. The summed E-state index contributed by atoms with van der Waals surface area (Å²) in [5.41, 5.74) is 1.66. The molecule has 0 aliphatic carbocycles. The Morgan fingerprint density at radius 3 is 2.58 bits per heavy atom.